The van der Waals surface area contributed by atoms with Crippen LogP contribution in [0.15, 0.2) is 30.3 Å². The van der Waals surface area contributed by atoms with Crippen LogP contribution in [-0.4, -0.2) is 29.8 Å². The van der Waals surface area contributed by atoms with Gasteiger partial charge in [0.2, 0.25) is 5.91 Å². The molecule has 4 nitrogen and oxygen atoms in total. The zero-order valence-corrected chi connectivity index (χ0v) is 14.9. The average Bonchev–Trinajstić information content (AvgIpc) is 2.61. The highest BCUT2D eigenvalue weighted by Crippen LogP contribution is 2.22. The third-order valence-electron chi connectivity index (χ3n) is 3.60. The fraction of sp³-hybridized carbons (Fsp3) is 0.222. The van der Waals surface area contributed by atoms with Crippen LogP contribution in [0.3, 0.4) is 0 Å². The lowest BCUT2D eigenvalue weighted by atomic mass is 10.1. The van der Waals surface area contributed by atoms with Crippen LogP contribution >= 0.6 is 11.6 Å². The van der Waals surface area contributed by atoms with Crippen molar-refractivity contribution < 1.29 is 27.2 Å². The van der Waals surface area contributed by atoms with Gasteiger partial charge in [0.05, 0.1) is 16.3 Å². The molecule has 0 fully saturated rings. The minimum absolute atomic E-state index is 0.0944. The maximum Gasteiger partial charge on any atom is 0.258 e. The molecule has 0 radical (unpaired) electrons. The summed E-state index contributed by atoms with van der Waals surface area (Å²) in [4.78, 5) is 25.7. The van der Waals surface area contributed by atoms with E-state index in [9.17, 15) is 27.2 Å². The minimum atomic E-state index is -1.73. The van der Waals surface area contributed by atoms with Gasteiger partial charge in [-0.05, 0) is 30.7 Å². The fourth-order valence-electron chi connectivity index (χ4n) is 2.37. The lowest BCUT2D eigenvalue weighted by Gasteiger charge is -2.22. The Labute approximate surface area is 157 Å². The third-order valence-corrected chi connectivity index (χ3v) is 3.92. The summed E-state index contributed by atoms with van der Waals surface area (Å²) in [5.74, 6) is -7.22. The number of halogens is 5. The molecule has 0 saturated heterocycles. The number of amides is 2. The van der Waals surface area contributed by atoms with Crippen LogP contribution in [0.2, 0.25) is 5.02 Å². The summed E-state index contributed by atoms with van der Waals surface area (Å²) in [5, 5.41) is 1.94. The second-order valence-electron chi connectivity index (χ2n) is 5.59. The number of rotatable bonds is 6. The maximum atomic E-state index is 14.0. The van der Waals surface area contributed by atoms with Crippen molar-refractivity contribution in [2.45, 2.75) is 13.3 Å². The van der Waals surface area contributed by atoms with Gasteiger partial charge < -0.3 is 10.2 Å². The van der Waals surface area contributed by atoms with Crippen molar-refractivity contribution in [3.05, 3.63) is 64.2 Å². The monoisotopic (exact) mass is 402 g/mol. The van der Waals surface area contributed by atoms with Crippen molar-refractivity contribution in [1.82, 2.24) is 4.90 Å². The summed E-state index contributed by atoms with van der Waals surface area (Å²) < 4.78 is 53.8. The lowest BCUT2D eigenvalue weighted by molar-refractivity contribution is -0.116. The molecule has 0 aliphatic carbocycles. The number of hydrogen-bond acceptors (Lipinski definition) is 2. The number of benzene rings is 2. The Balaban J connectivity index is 2.19. The summed E-state index contributed by atoms with van der Waals surface area (Å²) in [5.41, 5.74) is -0.967. The Hall–Kier alpha value is -2.61. The summed E-state index contributed by atoms with van der Waals surface area (Å²) >= 11 is 5.87. The second kappa shape index (κ2) is 8.85. The third kappa shape index (κ3) is 4.77. The Morgan fingerprint density at radius 1 is 1.04 bits per heavy atom. The van der Waals surface area contributed by atoms with E-state index in [1.54, 1.807) is 6.92 Å². The first-order valence-electron chi connectivity index (χ1n) is 7.92. The Morgan fingerprint density at radius 3 is 2.37 bits per heavy atom. The number of carbonyl (C=O) groups is 2. The van der Waals surface area contributed by atoms with Crippen LogP contribution in [0.1, 0.15) is 23.7 Å². The molecular weight excluding hydrogens is 388 g/mol. The van der Waals surface area contributed by atoms with Crippen LogP contribution in [-0.2, 0) is 4.79 Å². The van der Waals surface area contributed by atoms with Crippen LogP contribution in [0.4, 0.5) is 23.2 Å². The van der Waals surface area contributed by atoms with Crippen molar-refractivity contribution in [3.63, 3.8) is 0 Å². The van der Waals surface area contributed by atoms with Crippen molar-refractivity contribution in [2.75, 3.05) is 18.4 Å². The van der Waals surface area contributed by atoms with Gasteiger partial charge in [-0.15, -0.1) is 0 Å². The van der Waals surface area contributed by atoms with Crippen molar-refractivity contribution >= 4 is 29.1 Å². The molecule has 0 aliphatic rings. The van der Waals surface area contributed by atoms with Gasteiger partial charge in [-0.25, -0.2) is 17.6 Å². The zero-order chi connectivity index (χ0) is 20.1. The van der Waals surface area contributed by atoms with E-state index in [-0.39, 0.29) is 17.1 Å². The number of nitrogens with zero attached hydrogens (tertiary/aromatic N) is 1. The number of anilines is 1. The first kappa shape index (κ1) is 20.7. The molecule has 1 N–H and O–H groups in total. The van der Waals surface area contributed by atoms with E-state index in [1.165, 1.54) is 12.1 Å². The minimum Gasteiger partial charge on any atom is -0.329 e. The number of hydrogen-bond donors (Lipinski definition) is 1. The molecule has 2 aromatic rings. The normalized spacial score (nSPS) is 10.6. The van der Waals surface area contributed by atoms with Gasteiger partial charge in [0.1, 0.15) is 12.4 Å². The van der Waals surface area contributed by atoms with Gasteiger partial charge in [-0.1, -0.05) is 24.6 Å². The largest absolute Gasteiger partial charge is 0.329 e. The first-order valence-corrected chi connectivity index (χ1v) is 8.30. The van der Waals surface area contributed by atoms with Crippen LogP contribution in [0.25, 0.3) is 0 Å². The SMILES string of the molecule is CCCN(CC(=O)Nc1ccc(F)c(F)c1F)C(=O)c1c(F)cccc1Cl. The average molecular weight is 403 g/mol. The molecular formula is C18H15ClF4N2O2. The van der Waals surface area contributed by atoms with E-state index in [1.807, 2.05) is 0 Å². The van der Waals surface area contributed by atoms with Crippen LogP contribution in [0, 0.1) is 23.3 Å². The van der Waals surface area contributed by atoms with E-state index in [2.05, 4.69) is 5.32 Å². The Kier molecular flexibility index (Phi) is 6.79. The molecule has 0 unspecified atom stereocenters. The predicted molar refractivity (Wildman–Crippen MR) is 92.6 cm³/mol. The Morgan fingerprint density at radius 2 is 1.74 bits per heavy atom. The summed E-state index contributed by atoms with van der Waals surface area (Å²) in [6, 6.07) is 5.23. The van der Waals surface area contributed by atoms with Gasteiger partial charge in [0.15, 0.2) is 17.5 Å². The first-order chi connectivity index (χ1) is 12.8. The van der Waals surface area contributed by atoms with Gasteiger partial charge in [0.25, 0.3) is 5.91 Å². The highest BCUT2D eigenvalue weighted by Gasteiger charge is 2.24. The summed E-state index contributed by atoms with van der Waals surface area (Å²) in [6.07, 6.45) is 0.449. The second-order valence-corrected chi connectivity index (χ2v) is 6.00. The summed E-state index contributed by atoms with van der Waals surface area (Å²) in [6.45, 7) is 1.27. The van der Waals surface area contributed by atoms with Crippen LogP contribution < -0.4 is 5.32 Å². The van der Waals surface area contributed by atoms with E-state index in [0.29, 0.717) is 12.5 Å². The van der Waals surface area contributed by atoms with E-state index >= 15 is 0 Å². The molecule has 0 atom stereocenters. The topological polar surface area (TPSA) is 49.4 Å². The molecule has 0 bridgehead atoms. The molecule has 0 aromatic heterocycles. The molecule has 9 heteroatoms. The molecule has 0 spiro atoms. The van der Waals surface area contributed by atoms with Gasteiger partial charge in [0, 0.05) is 6.54 Å². The van der Waals surface area contributed by atoms with E-state index in [0.717, 1.165) is 17.0 Å². The fourth-order valence-corrected chi connectivity index (χ4v) is 2.61. The molecule has 144 valence electrons. The van der Waals surface area contributed by atoms with E-state index < -0.39 is 47.3 Å². The quantitative estimate of drug-likeness (QED) is 0.575. The Bertz CT molecular complexity index is 856. The van der Waals surface area contributed by atoms with Gasteiger partial charge in [-0.2, -0.15) is 0 Å². The number of nitrogens with one attached hydrogen (secondary N) is 1. The van der Waals surface area contributed by atoms with Gasteiger partial charge >= 0.3 is 0 Å². The summed E-state index contributed by atoms with van der Waals surface area (Å²) in [7, 11) is 0. The van der Waals surface area contributed by atoms with Crippen molar-refractivity contribution in [1.29, 1.82) is 0 Å². The highest BCUT2D eigenvalue weighted by atomic mass is 35.5. The highest BCUT2D eigenvalue weighted by molar-refractivity contribution is 6.33. The maximum absolute atomic E-state index is 14.0. The van der Waals surface area contributed by atoms with Crippen LogP contribution in [0.5, 0.6) is 0 Å². The molecule has 27 heavy (non-hydrogen) atoms. The standard InChI is InChI=1S/C18H15ClF4N2O2/c1-2-8-25(18(27)15-10(19)4-3-5-11(15)20)9-14(26)24-13-7-6-12(21)16(22)17(13)23/h3-7H,2,8-9H2,1H3,(H,24,26). The molecule has 2 aromatic carbocycles. The molecule has 2 amide bonds. The zero-order valence-electron chi connectivity index (χ0n) is 14.2. The molecule has 0 aliphatic heterocycles. The van der Waals surface area contributed by atoms with Gasteiger partial charge in [-0.3, -0.25) is 9.59 Å². The molecule has 2 rings (SSSR count). The van der Waals surface area contributed by atoms with E-state index in [4.69, 9.17) is 11.6 Å². The molecule has 0 heterocycles. The number of carbonyl (C=O) groups excluding carboxylic acids is 2. The predicted octanol–water partition coefficient (Wildman–Crippen LogP) is 4.39. The van der Waals surface area contributed by atoms with Crippen molar-refractivity contribution in [2.24, 2.45) is 0 Å². The van der Waals surface area contributed by atoms with Crippen molar-refractivity contribution in [3.8, 4) is 0 Å². The smallest absolute Gasteiger partial charge is 0.258 e. The molecule has 0 saturated carbocycles. The lowest BCUT2D eigenvalue weighted by Crippen LogP contribution is -2.39.